The Bertz CT molecular complexity index is 211. The van der Waals surface area contributed by atoms with E-state index in [1.807, 2.05) is 0 Å². The molecule has 0 aliphatic heterocycles. The fourth-order valence-corrected chi connectivity index (χ4v) is 0.617. The van der Waals surface area contributed by atoms with Gasteiger partial charge >= 0.3 is 5.97 Å². The summed E-state index contributed by atoms with van der Waals surface area (Å²) in [6, 6.07) is 0. The lowest BCUT2D eigenvalue weighted by Gasteiger charge is -2.29. The summed E-state index contributed by atoms with van der Waals surface area (Å²) in [6.07, 6.45) is -2.94. The van der Waals surface area contributed by atoms with Gasteiger partial charge in [0.1, 0.15) is 11.0 Å². The lowest BCUT2D eigenvalue weighted by Crippen LogP contribution is -2.43. The molecular formula is C9H16F2O3. The standard InChI is InChI=1S/C9H16F2O3/c1-8(2,3)14-7(13)9(4,5-12)6(10)11/h6,12H,5H2,1-4H3. The molecule has 0 bridgehead atoms. The van der Waals surface area contributed by atoms with Gasteiger partial charge in [-0.25, -0.2) is 8.78 Å². The third kappa shape index (κ3) is 3.21. The number of halogens is 2. The lowest BCUT2D eigenvalue weighted by molar-refractivity contribution is -0.179. The Kier molecular flexibility index (Phi) is 4.00. The first-order valence-corrected chi connectivity index (χ1v) is 4.26. The molecule has 0 radical (unpaired) electrons. The van der Waals surface area contributed by atoms with Crippen LogP contribution in [0.5, 0.6) is 0 Å². The maximum atomic E-state index is 12.4. The molecule has 1 N–H and O–H groups in total. The second-order valence-corrected chi connectivity index (χ2v) is 4.38. The molecule has 14 heavy (non-hydrogen) atoms. The zero-order chi connectivity index (χ0) is 11.6. The average Bonchev–Trinajstić information content (AvgIpc) is 1.99. The molecule has 0 aromatic heterocycles. The van der Waals surface area contributed by atoms with Gasteiger partial charge in [0.2, 0.25) is 0 Å². The molecule has 0 saturated heterocycles. The average molecular weight is 210 g/mol. The fourth-order valence-electron chi connectivity index (χ4n) is 0.617. The van der Waals surface area contributed by atoms with Gasteiger partial charge in [-0.3, -0.25) is 4.79 Å². The van der Waals surface area contributed by atoms with E-state index in [4.69, 9.17) is 9.84 Å². The number of ether oxygens (including phenoxy) is 1. The van der Waals surface area contributed by atoms with Crippen molar-refractivity contribution >= 4 is 5.97 Å². The number of aliphatic hydroxyl groups is 1. The molecule has 1 unspecified atom stereocenters. The molecule has 0 rings (SSSR count). The number of aliphatic hydroxyl groups excluding tert-OH is 1. The highest BCUT2D eigenvalue weighted by atomic mass is 19.3. The van der Waals surface area contributed by atoms with Gasteiger partial charge in [-0.15, -0.1) is 0 Å². The summed E-state index contributed by atoms with van der Waals surface area (Å²) in [5.74, 6) is -1.08. The molecule has 0 spiro atoms. The summed E-state index contributed by atoms with van der Waals surface area (Å²) in [6.45, 7) is 4.78. The van der Waals surface area contributed by atoms with E-state index < -0.39 is 30.0 Å². The van der Waals surface area contributed by atoms with E-state index in [1.54, 1.807) is 20.8 Å². The van der Waals surface area contributed by atoms with E-state index in [-0.39, 0.29) is 0 Å². The second kappa shape index (κ2) is 4.21. The molecule has 5 heteroatoms. The molecule has 0 aromatic carbocycles. The summed E-state index contributed by atoms with van der Waals surface area (Å²) in [5.41, 5.74) is -2.96. The third-order valence-corrected chi connectivity index (χ3v) is 1.68. The van der Waals surface area contributed by atoms with Crippen molar-refractivity contribution in [2.45, 2.75) is 39.7 Å². The number of hydrogen-bond donors (Lipinski definition) is 1. The molecule has 0 amide bonds. The summed E-state index contributed by atoms with van der Waals surface area (Å²) < 4.78 is 29.7. The van der Waals surface area contributed by atoms with E-state index >= 15 is 0 Å². The molecule has 0 aliphatic rings. The van der Waals surface area contributed by atoms with Crippen molar-refractivity contribution in [2.75, 3.05) is 6.61 Å². The molecule has 84 valence electrons. The largest absolute Gasteiger partial charge is 0.459 e. The molecule has 1 atom stereocenters. The van der Waals surface area contributed by atoms with Gasteiger partial charge in [0.05, 0.1) is 6.61 Å². The van der Waals surface area contributed by atoms with Crippen LogP contribution in [-0.2, 0) is 9.53 Å². The van der Waals surface area contributed by atoms with Gasteiger partial charge in [0, 0.05) is 0 Å². The molecule has 0 fully saturated rings. The summed E-state index contributed by atoms with van der Waals surface area (Å²) in [4.78, 5) is 11.3. The van der Waals surface area contributed by atoms with Crippen molar-refractivity contribution in [1.29, 1.82) is 0 Å². The number of carbonyl (C=O) groups is 1. The van der Waals surface area contributed by atoms with Crippen LogP contribution < -0.4 is 0 Å². The first-order chi connectivity index (χ1) is 6.13. The van der Waals surface area contributed by atoms with Crippen LogP contribution in [-0.4, -0.2) is 29.7 Å². The fraction of sp³-hybridized carbons (Fsp3) is 0.889. The third-order valence-electron chi connectivity index (χ3n) is 1.68. The van der Waals surface area contributed by atoms with E-state index in [2.05, 4.69) is 0 Å². The number of rotatable bonds is 3. The normalized spacial score (nSPS) is 16.6. The molecule has 0 aliphatic carbocycles. The Morgan fingerprint density at radius 3 is 2.00 bits per heavy atom. The SMILES string of the molecule is CC(C)(C)OC(=O)C(C)(CO)C(F)F. The van der Waals surface area contributed by atoms with E-state index in [9.17, 15) is 13.6 Å². The zero-order valence-electron chi connectivity index (χ0n) is 8.80. The number of hydrogen-bond acceptors (Lipinski definition) is 3. The van der Waals surface area contributed by atoms with Gasteiger partial charge in [-0.2, -0.15) is 0 Å². The first-order valence-electron chi connectivity index (χ1n) is 4.26. The zero-order valence-corrected chi connectivity index (χ0v) is 8.80. The minimum absolute atomic E-state index is 0.831. The highest BCUT2D eigenvalue weighted by molar-refractivity contribution is 5.77. The van der Waals surface area contributed by atoms with Crippen molar-refractivity contribution in [2.24, 2.45) is 5.41 Å². The number of esters is 1. The minimum atomic E-state index is -2.94. The molecule has 0 heterocycles. The maximum Gasteiger partial charge on any atom is 0.320 e. The molecule has 3 nitrogen and oxygen atoms in total. The topological polar surface area (TPSA) is 46.5 Å². The Morgan fingerprint density at radius 1 is 1.36 bits per heavy atom. The van der Waals surface area contributed by atoms with E-state index in [0.29, 0.717) is 0 Å². The van der Waals surface area contributed by atoms with Crippen molar-refractivity contribution in [3.63, 3.8) is 0 Å². The van der Waals surface area contributed by atoms with Crippen LogP contribution in [0.25, 0.3) is 0 Å². The smallest absolute Gasteiger partial charge is 0.320 e. The second-order valence-electron chi connectivity index (χ2n) is 4.38. The van der Waals surface area contributed by atoms with Crippen LogP contribution in [0.1, 0.15) is 27.7 Å². The van der Waals surface area contributed by atoms with Crippen LogP contribution in [0.3, 0.4) is 0 Å². The van der Waals surface area contributed by atoms with Crippen LogP contribution in [0.2, 0.25) is 0 Å². The predicted molar refractivity (Wildman–Crippen MR) is 47.0 cm³/mol. The quantitative estimate of drug-likeness (QED) is 0.719. The maximum absolute atomic E-state index is 12.4. The van der Waals surface area contributed by atoms with E-state index in [0.717, 1.165) is 6.92 Å². The van der Waals surface area contributed by atoms with E-state index in [1.165, 1.54) is 0 Å². The monoisotopic (exact) mass is 210 g/mol. The molecular weight excluding hydrogens is 194 g/mol. The Balaban J connectivity index is 4.64. The Labute approximate surface area is 82.1 Å². The van der Waals surface area contributed by atoms with Crippen molar-refractivity contribution < 1.29 is 23.4 Å². The summed E-state index contributed by atoms with van der Waals surface area (Å²) in [5, 5.41) is 8.74. The van der Waals surface area contributed by atoms with Gasteiger partial charge in [-0.1, -0.05) is 0 Å². The van der Waals surface area contributed by atoms with Gasteiger partial charge in [0.25, 0.3) is 6.43 Å². The van der Waals surface area contributed by atoms with Crippen molar-refractivity contribution in [1.82, 2.24) is 0 Å². The first kappa shape index (κ1) is 13.3. The number of alkyl halides is 2. The summed E-state index contributed by atoms with van der Waals surface area (Å²) in [7, 11) is 0. The van der Waals surface area contributed by atoms with Crippen LogP contribution >= 0.6 is 0 Å². The van der Waals surface area contributed by atoms with Gasteiger partial charge in [-0.05, 0) is 27.7 Å². The highest BCUT2D eigenvalue weighted by Gasteiger charge is 2.45. The van der Waals surface area contributed by atoms with Crippen LogP contribution in [0.15, 0.2) is 0 Å². The Morgan fingerprint density at radius 2 is 1.79 bits per heavy atom. The predicted octanol–water partition coefficient (Wildman–Crippen LogP) is 1.59. The van der Waals surface area contributed by atoms with Crippen molar-refractivity contribution in [3.05, 3.63) is 0 Å². The molecule has 0 aromatic rings. The van der Waals surface area contributed by atoms with Gasteiger partial charge in [0.15, 0.2) is 0 Å². The minimum Gasteiger partial charge on any atom is -0.459 e. The van der Waals surface area contributed by atoms with Crippen LogP contribution in [0.4, 0.5) is 8.78 Å². The van der Waals surface area contributed by atoms with Crippen LogP contribution in [0, 0.1) is 5.41 Å². The Hall–Kier alpha value is -0.710. The van der Waals surface area contributed by atoms with Crippen molar-refractivity contribution in [3.8, 4) is 0 Å². The van der Waals surface area contributed by atoms with Gasteiger partial charge < -0.3 is 9.84 Å². The highest BCUT2D eigenvalue weighted by Crippen LogP contribution is 2.28. The summed E-state index contributed by atoms with van der Waals surface area (Å²) >= 11 is 0. The number of carbonyl (C=O) groups excluding carboxylic acids is 1. The molecule has 0 saturated carbocycles. The lowest BCUT2D eigenvalue weighted by atomic mass is 9.92.